The Kier molecular flexibility index (Phi) is 9.21. The molecule has 11 heteroatoms. The molecule has 0 unspecified atom stereocenters. The van der Waals surface area contributed by atoms with Gasteiger partial charge in [-0.05, 0) is 77.3 Å². The van der Waals surface area contributed by atoms with E-state index in [0.717, 1.165) is 10.0 Å². The molecule has 210 valence electrons. The summed E-state index contributed by atoms with van der Waals surface area (Å²) in [6.07, 6.45) is 1.77. The van der Waals surface area contributed by atoms with Gasteiger partial charge in [0.2, 0.25) is 0 Å². The number of hydrogen-bond acceptors (Lipinski definition) is 6. The standard InChI is InChI=1S/C30H22Br2Cl2N2O4S/c1-3-39-29(38)25-16(2)35-30-36(26(25)21-6-4-5-7-23(21)34)28(37)24(41-30)13-18-12-19(31)14-22(32)27(18)40-15-17-8-10-20(33)11-9-17/h4-14,26H,3,15H2,1-2H3/b24-13-/t26-/m1/s1. The highest BCUT2D eigenvalue weighted by Crippen LogP contribution is 2.36. The molecule has 1 aliphatic heterocycles. The molecule has 41 heavy (non-hydrogen) atoms. The molecule has 6 nitrogen and oxygen atoms in total. The van der Waals surface area contributed by atoms with E-state index in [1.54, 1.807) is 50.3 Å². The van der Waals surface area contributed by atoms with Crippen molar-refractivity contribution in [1.82, 2.24) is 4.57 Å². The van der Waals surface area contributed by atoms with Crippen molar-refractivity contribution in [2.24, 2.45) is 4.99 Å². The van der Waals surface area contributed by atoms with E-state index in [9.17, 15) is 9.59 Å². The number of rotatable bonds is 7. The lowest BCUT2D eigenvalue weighted by Gasteiger charge is -2.25. The number of thiazole rings is 1. The number of benzene rings is 3. The van der Waals surface area contributed by atoms with Crippen molar-refractivity contribution in [3.8, 4) is 5.75 Å². The Morgan fingerprint density at radius 3 is 2.56 bits per heavy atom. The summed E-state index contributed by atoms with van der Waals surface area (Å²) < 4.78 is 15.0. The van der Waals surface area contributed by atoms with Crippen molar-refractivity contribution >= 4 is 78.4 Å². The van der Waals surface area contributed by atoms with E-state index in [-0.39, 0.29) is 17.7 Å². The van der Waals surface area contributed by atoms with Crippen LogP contribution >= 0.6 is 66.4 Å². The van der Waals surface area contributed by atoms with E-state index < -0.39 is 12.0 Å². The Morgan fingerprint density at radius 2 is 1.85 bits per heavy atom. The zero-order chi connectivity index (χ0) is 29.3. The number of carbonyl (C=O) groups excluding carboxylic acids is 1. The molecule has 1 atom stereocenters. The molecule has 0 radical (unpaired) electrons. The summed E-state index contributed by atoms with van der Waals surface area (Å²) in [6.45, 7) is 3.96. The van der Waals surface area contributed by atoms with Crippen LogP contribution in [-0.4, -0.2) is 17.1 Å². The van der Waals surface area contributed by atoms with Crippen LogP contribution < -0.4 is 19.6 Å². The number of allylic oxidation sites excluding steroid dienone is 1. The maximum atomic E-state index is 14.0. The molecular formula is C30H22Br2Cl2N2O4S. The quantitative estimate of drug-likeness (QED) is 0.188. The molecule has 0 amide bonds. The topological polar surface area (TPSA) is 69.9 Å². The van der Waals surface area contributed by atoms with Crippen molar-refractivity contribution in [1.29, 1.82) is 0 Å². The number of fused-ring (bicyclic) bond motifs is 1. The Balaban J connectivity index is 1.65. The largest absolute Gasteiger partial charge is 0.487 e. The van der Waals surface area contributed by atoms with Gasteiger partial charge in [0.05, 0.1) is 26.9 Å². The molecule has 1 aromatic heterocycles. The second-order valence-electron chi connectivity index (χ2n) is 9.04. The first-order valence-electron chi connectivity index (χ1n) is 12.5. The molecule has 0 fully saturated rings. The Hall–Kier alpha value is -2.69. The summed E-state index contributed by atoms with van der Waals surface area (Å²) in [5, 5.41) is 1.07. The second-order valence-corrected chi connectivity index (χ2v) is 12.7. The SMILES string of the molecule is CCOC(=O)C1=C(C)N=c2s/c(=C\c3cc(Br)cc(Br)c3OCc3ccc(Cl)cc3)c(=O)n2[C@@H]1c1ccccc1Cl. The van der Waals surface area contributed by atoms with Gasteiger partial charge >= 0.3 is 5.97 Å². The number of ether oxygens (including phenoxy) is 2. The third-order valence-corrected chi connectivity index (χ3v) is 8.96. The van der Waals surface area contributed by atoms with Gasteiger partial charge in [-0.2, -0.15) is 0 Å². The molecule has 0 saturated heterocycles. The van der Waals surface area contributed by atoms with Crippen LogP contribution in [0.25, 0.3) is 6.08 Å². The van der Waals surface area contributed by atoms with Crippen molar-refractivity contribution in [3.05, 3.63) is 127 Å². The van der Waals surface area contributed by atoms with Crippen LogP contribution in [0.15, 0.2) is 90.7 Å². The van der Waals surface area contributed by atoms with Gasteiger partial charge in [0.1, 0.15) is 18.4 Å². The summed E-state index contributed by atoms with van der Waals surface area (Å²) in [7, 11) is 0. The Morgan fingerprint density at radius 1 is 1.12 bits per heavy atom. The fraction of sp³-hybridized carbons (Fsp3) is 0.167. The normalized spacial score (nSPS) is 15.0. The maximum Gasteiger partial charge on any atom is 0.338 e. The summed E-state index contributed by atoms with van der Waals surface area (Å²) in [6, 6.07) is 17.5. The highest BCUT2D eigenvalue weighted by Gasteiger charge is 2.34. The number of carbonyl (C=O) groups is 1. The minimum Gasteiger partial charge on any atom is -0.487 e. The van der Waals surface area contributed by atoms with Crippen molar-refractivity contribution in [2.45, 2.75) is 26.5 Å². The predicted octanol–water partition coefficient (Wildman–Crippen LogP) is 7.21. The summed E-state index contributed by atoms with van der Waals surface area (Å²) in [4.78, 5) is 32.2. The number of esters is 1. The molecular weight excluding hydrogens is 715 g/mol. The third-order valence-electron chi connectivity index (χ3n) is 6.34. The second kappa shape index (κ2) is 12.7. The Labute approximate surface area is 266 Å². The lowest BCUT2D eigenvalue weighted by Crippen LogP contribution is -2.40. The molecule has 0 bridgehead atoms. The van der Waals surface area contributed by atoms with Crippen LogP contribution in [0.3, 0.4) is 0 Å². The number of hydrogen-bond donors (Lipinski definition) is 0. The molecule has 0 saturated carbocycles. The zero-order valence-electron chi connectivity index (χ0n) is 21.8. The average molecular weight is 737 g/mol. The van der Waals surface area contributed by atoms with Gasteiger partial charge < -0.3 is 9.47 Å². The number of aromatic nitrogens is 1. The van der Waals surface area contributed by atoms with Gasteiger partial charge in [0.25, 0.3) is 5.56 Å². The molecule has 2 heterocycles. The van der Waals surface area contributed by atoms with E-state index in [1.807, 2.05) is 30.3 Å². The van der Waals surface area contributed by atoms with Crippen molar-refractivity contribution in [3.63, 3.8) is 0 Å². The minimum atomic E-state index is -0.795. The van der Waals surface area contributed by atoms with Gasteiger partial charge in [-0.3, -0.25) is 9.36 Å². The fourth-order valence-corrected chi connectivity index (χ4v) is 7.28. The monoisotopic (exact) mass is 734 g/mol. The summed E-state index contributed by atoms with van der Waals surface area (Å²) in [5.74, 6) is 0.0294. The summed E-state index contributed by atoms with van der Waals surface area (Å²) in [5.41, 5.74) is 2.66. The molecule has 1 aliphatic rings. The maximum absolute atomic E-state index is 14.0. The molecule has 0 N–H and O–H groups in total. The first-order valence-corrected chi connectivity index (χ1v) is 15.6. The minimum absolute atomic E-state index is 0.186. The lowest BCUT2D eigenvalue weighted by molar-refractivity contribution is -0.139. The van der Waals surface area contributed by atoms with Crippen LogP contribution in [0.2, 0.25) is 10.0 Å². The molecule has 0 aliphatic carbocycles. The first kappa shape index (κ1) is 29.8. The highest BCUT2D eigenvalue weighted by molar-refractivity contribution is 9.11. The lowest BCUT2D eigenvalue weighted by atomic mass is 9.96. The van der Waals surface area contributed by atoms with Crippen molar-refractivity contribution < 1.29 is 14.3 Å². The molecule has 0 spiro atoms. The van der Waals surface area contributed by atoms with Crippen molar-refractivity contribution in [2.75, 3.05) is 6.61 Å². The summed E-state index contributed by atoms with van der Waals surface area (Å²) >= 11 is 21.0. The predicted molar refractivity (Wildman–Crippen MR) is 169 cm³/mol. The van der Waals surface area contributed by atoms with Crippen LogP contribution in [0, 0.1) is 0 Å². The first-order chi connectivity index (χ1) is 19.7. The highest BCUT2D eigenvalue weighted by atomic mass is 79.9. The Bertz CT molecular complexity index is 1870. The smallest absolute Gasteiger partial charge is 0.338 e. The van der Waals surface area contributed by atoms with E-state index in [1.165, 1.54) is 15.9 Å². The van der Waals surface area contributed by atoms with Crippen LogP contribution in [0.1, 0.15) is 36.6 Å². The van der Waals surface area contributed by atoms with E-state index >= 15 is 0 Å². The fourth-order valence-electron chi connectivity index (χ4n) is 4.50. The molecule has 4 aromatic rings. The molecule has 3 aromatic carbocycles. The molecule has 5 rings (SSSR count). The van der Waals surface area contributed by atoms with Gasteiger partial charge in [-0.1, -0.05) is 80.8 Å². The number of nitrogens with zero attached hydrogens (tertiary/aromatic N) is 2. The number of halogens is 4. The van der Waals surface area contributed by atoms with Gasteiger partial charge in [0.15, 0.2) is 4.80 Å². The van der Waals surface area contributed by atoms with Crippen LogP contribution in [0.4, 0.5) is 0 Å². The van der Waals surface area contributed by atoms with Gasteiger partial charge in [0, 0.05) is 20.1 Å². The van der Waals surface area contributed by atoms with E-state index in [2.05, 4.69) is 36.9 Å². The van der Waals surface area contributed by atoms with E-state index in [4.69, 9.17) is 32.7 Å². The van der Waals surface area contributed by atoms with Crippen LogP contribution in [0.5, 0.6) is 5.75 Å². The van der Waals surface area contributed by atoms with Gasteiger partial charge in [-0.15, -0.1) is 0 Å². The van der Waals surface area contributed by atoms with E-state index in [0.29, 0.717) is 53.0 Å². The van der Waals surface area contributed by atoms with Gasteiger partial charge in [-0.25, -0.2) is 9.79 Å². The zero-order valence-corrected chi connectivity index (χ0v) is 27.3. The third kappa shape index (κ3) is 6.24. The average Bonchev–Trinajstić information content (AvgIpc) is 3.23. The van der Waals surface area contributed by atoms with Crippen LogP contribution in [-0.2, 0) is 16.1 Å².